The van der Waals surface area contributed by atoms with Crippen LogP contribution in [-0.4, -0.2) is 64.8 Å². The lowest BCUT2D eigenvalue weighted by atomic mass is 10.1. The van der Waals surface area contributed by atoms with E-state index in [1.165, 1.54) is 4.88 Å². The highest BCUT2D eigenvalue weighted by molar-refractivity contribution is 7.16. The molecule has 9 heteroatoms. The molecule has 27 heavy (non-hydrogen) atoms. The summed E-state index contributed by atoms with van der Waals surface area (Å²) < 4.78 is 2.79. The summed E-state index contributed by atoms with van der Waals surface area (Å²) in [4.78, 5) is 18.3. The Kier molecular flexibility index (Phi) is 7.16. The van der Waals surface area contributed by atoms with Crippen LogP contribution in [0.4, 0.5) is 0 Å². The first kappa shape index (κ1) is 20.6. The standard InChI is InChI=1S/C18H24ClN5OS.ClH/c19-17-4-3-15(26-17)13-22-8-10-23(11-9-22)18(25)16-5-7-24(21-16)14-2-1-6-20-12-14;/h3-5,7,14,20H,1-2,6,8-13H2;1H. The summed E-state index contributed by atoms with van der Waals surface area (Å²) in [5, 5.41) is 7.95. The third-order valence-electron chi connectivity index (χ3n) is 5.14. The van der Waals surface area contributed by atoms with Gasteiger partial charge in [0.05, 0.1) is 10.4 Å². The Labute approximate surface area is 174 Å². The molecular weight excluding hydrogens is 405 g/mol. The van der Waals surface area contributed by atoms with E-state index in [1.54, 1.807) is 11.3 Å². The van der Waals surface area contributed by atoms with Crippen molar-refractivity contribution in [2.75, 3.05) is 39.3 Å². The van der Waals surface area contributed by atoms with Crippen LogP contribution in [0.1, 0.15) is 34.2 Å². The maximum atomic E-state index is 12.8. The second kappa shape index (κ2) is 9.39. The number of amides is 1. The molecule has 2 aliphatic rings. The molecule has 1 atom stereocenters. The minimum Gasteiger partial charge on any atom is -0.335 e. The van der Waals surface area contributed by atoms with Gasteiger partial charge in [-0.05, 0) is 37.6 Å². The largest absolute Gasteiger partial charge is 0.335 e. The van der Waals surface area contributed by atoms with Crippen molar-refractivity contribution >= 4 is 41.3 Å². The first-order valence-electron chi connectivity index (χ1n) is 9.21. The number of thiophene rings is 1. The summed E-state index contributed by atoms with van der Waals surface area (Å²) in [6, 6.07) is 6.24. The normalized spacial score (nSPS) is 21.1. The van der Waals surface area contributed by atoms with Gasteiger partial charge in [0.15, 0.2) is 0 Å². The van der Waals surface area contributed by atoms with Crippen molar-refractivity contribution in [2.24, 2.45) is 0 Å². The van der Waals surface area contributed by atoms with Crippen LogP contribution in [0.5, 0.6) is 0 Å². The van der Waals surface area contributed by atoms with Crippen LogP contribution in [0.3, 0.4) is 0 Å². The Bertz CT molecular complexity index is 751. The lowest BCUT2D eigenvalue weighted by Gasteiger charge is -2.34. The molecule has 0 spiro atoms. The summed E-state index contributed by atoms with van der Waals surface area (Å²) in [7, 11) is 0. The van der Waals surface area contributed by atoms with Gasteiger partial charge in [-0.1, -0.05) is 11.6 Å². The van der Waals surface area contributed by atoms with E-state index in [0.29, 0.717) is 11.7 Å². The number of carbonyl (C=O) groups excluding carboxylic acids is 1. The van der Waals surface area contributed by atoms with Crippen LogP contribution in [0, 0.1) is 0 Å². The van der Waals surface area contributed by atoms with Gasteiger partial charge in [-0.15, -0.1) is 23.7 Å². The first-order chi connectivity index (χ1) is 12.7. The summed E-state index contributed by atoms with van der Waals surface area (Å²) >= 11 is 7.63. The zero-order chi connectivity index (χ0) is 17.9. The van der Waals surface area contributed by atoms with Gasteiger partial charge in [0.1, 0.15) is 5.69 Å². The Morgan fingerprint density at radius 1 is 1.26 bits per heavy atom. The van der Waals surface area contributed by atoms with Crippen LogP contribution < -0.4 is 5.32 Å². The molecule has 4 rings (SSSR count). The highest BCUT2D eigenvalue weighted by atomic mass is 35.5. The zero-order valence-electron chi connectivity index (χ0n) is 15.1. The first-order valence-corrected chi connectivity index (χ1v) is 10.4. The highest BCUT2D eigenvalue weighted by Gasteiger charge is 2.25. The number of halogens is 2. The van der Waals surface area contributed by atoms with Gasteiger partial charge in [0.2, 0.25) is 0 Å². The molecule has 4 heterocycles. The van der Waals surface area contributed by atoms with E-state index in [9.17, 15) is 4.79 Å². The van der Waals surface area contributed by atoms with Gasteiger partial charge >= 0.3 is 0 Å². The number of aromatic nitrogens is 2. The van der Waals surface area contributed by atoms with Crippen molar-refractivity contribution in [1.29, 1.82) is 0 Å². The molecule has 0 bridgehead atoms. The average molecular weight is 430 g/mol. The molecule has 2 saturated heterocycles. The number of nitrogens with zero attached hydrogens (tertiary/aromatic N) is 4. The van der Waals surface area contributed by atoms with E-state index in [0.717, 1.165) is 63.0 Å². The summed E-state index contributed by atoms with van der Waals surface area (Å²) in [5.41, 5.74) is 0.564. The average Bonchev–Trinajstić information content (AvgIpc) is 3.32. The Morgan fingerprint density at radius 2 is 2.07 bits per heavy atom. The number of carbonyl (C=O) groups is 1. The Balaban J connectivity index is 0.00000210. The summed E-state index contributed by atoms with van der Waals surface area (Å²) in [6.07, 6.45) is 4.22. The topological polar surface area (TPSA) is 53.4 Å². The monoisotopic (exact) mass is 429 g/mol. The van der Waals surface area contributed by atoms with E-state index in [4.69, 9.17) is 11.6 Å². The minimum absolute atomic E-state index is 0. The molecule has 0 radical (unpaired) electrons. The van der Waals surface area contributed by atoms with E-state index < -0.39 is 0 Å². The molecule has 2 aliphatic heterocycles. The van der Waals surface area contributed by atoms with Crippen LogP contribution in [-0.2, 0) is 6.54 Å². The van der Waals surface area contributed by atoms with E-state index in [2.05, 4.69) is 21.4 Å². The van der Waals surface area contributed by atoms with Gasteiger partial charge in [0, 0.05) is 50.3 Å². The molecule has 0 saturated carbocycles. The molecule has 148 valence electrons. The molecule has 1 amide bonds. The van der Waals surface area contributed by atoms with E-state index in [1.807, 2.05) is 27.9 Å². The highest BCUT2D eigenvalue weighted by Crippen LogP contribution is 2.23. The van der Waals surface area contributed by atoms with Gasteiger partial charge in [-0.25, -0.2) is 0 Å². The predicted molar refractivity (Wildman–Crippen MR) is 111 cm³/mol. The third-order valence-corrected chi connectivity index (χ3v) is 6.36. The number of piperazine rings is 1. The fraction of sp³-hybridized carbons (Fsp3) is 0.556. The van der Waals surface area contributed by atoms with Crippen LogP contribution >= 0.6 is 35.3 Å². The van der Waals surface area contributed by atoms with Gasteiger partial charge in [0.25, 0.3) is 5.91 Å². The number of hydrogen-bond donors (Lipinski definition) is 1. The van der Waals surface area contributed by atoms with Crippen LogP contribution in [0.15, 0.2) is 24.4 Å². The maximum absolute atomic E-state index is 12.8. The fourth-order valence-corrected chi connectivity index (χ4v) is 4.77. The van der Waals surface area contributed by atoms with Crippen molar-refractivity contribution in [2.45, 2.75) is 25.4 Å². The molecule has 6 nitrogen and oxygen atoms in total. The number of hydrogen-bond acceptors (Lipinski definition) is 5. The molecule has 0 aliphatic carbocycles. The SMILES string of the molecule is Cl.O=C(c1ccn(C2CCCNC2)n1)N1CCN(Cc2ccc(Cl)s2)CC1. The second-order valence-electron chi connectivity index (χ2n) is 6.96. The number of rotatable bonds is 4. The van der Waals surface area contributed by atoms with E-state index in [-0.39, 0.29) is 18.3 Å². The lowest BCUT2D eigenvalue weighted by Crippen LogP contribution is -2.48. The Hall–Kier alpha value is -1.12. The van der Waals surface area contributed by atoms with Crippen molar-refractivity contribution < 1.29 is 4.79 Å². The minimum atomic E-state index is 0. The predicted octanol–water partition coefficient (Wildman–Crippen LogP) is 2.90. The lowest BCUT2D eigenvalue weighted by molar-refractivity contribution is 0.0622. The second-order valence-corrected chi connectivity index (χ2v) is 8.75. The summed E-state index contributed by atoms with van der Waals surface area (Å²) in [6.45, 7) is 6.17. The van der Waals surface area contributed by atoms with Gasteiger partial charge in [-0.3, -0.25) is 14.4 Å². The van der Waals surface area contributed by atoms with Crippen molar-refractivity contribution in [1.82, 2.24) is 24.9 Å². The molecule has 2 aromatic heterocycles. The third kappa shape index (κ3) is 5.03. The van der Waals surface area contributed by atoms with Crippen molar-refractivity contribution in [3.05, 3.63) is 39.3 Å². The van der Waals surface area contributed by atoms with Crippen LogP contribution in [0.2, 0.25) is 4.34 Å². The summed E-state index contributed by atoms with van der Waals surface area (Å²) in [5.74, 6) is 0.0475. The van der Waals surface area contributed by atoms with E-state index >= 15 is 0 Å². The van der Waals surface area contributed by atoms with Crippen molar-refractivity contribution in [3.8, 4) is 0 Å². The van der Waals surface area contributed by atoms with Crippen molar-refractivity contribution in [3.63, 3.8) is 0 Å². The Morgan fingerprint density at radius 3 is 2.74 bits per heavy atom. The maximum Gasteiger partial charge on any atom is 0.274 e. The fourth-order valence-electron chi connectivity index (χ4n) is 3.64. The molecule has 2 aromatic rings. The molecule has 2 fully saturated rings. The quantitative estimate of drug-likeness (QED) is 0.811. The van der Waals surface area contributed by atoms with Gasteiger partial charge < -0.3 is 10.2 Å². The number of nitrogens with one attached hydrogen (secondary N) is 1. The van der Waals surface area contributed by atoms with Crippen LogP contribution in [0.25, 0.3) is 0 Å². The smallest absolute Gasteiger partial charge is 0.274 e. The molecule has 1 N–H and O–H groups in total. The number of piperidine rings is 1. The van der Waals surface area contributed by atoms with Gasteiger partial charge in [-0.2, -0.15) is 5.10 Å². The zero-order valence-corrected chi connectivity index (χ0v) is 17.5. The molecule has 0 aromatic carbocycles. The molecular formula is C18H25Cl2N5OS. The molecule has 1 unspecified atom stereocenters.